The van der Waals surface area contributed by atoms with Crippen molar-refractivity contribution in [3.63, 3.8) is 0 Å². The SMILES string of the molecule is CCCCC(CN)Nc1cc(C)c(F)cc1[N+](=O)[O-]. The highest BCUT2D eigenvalue weighted by Crippen LogP contribution is 2.28. The first-order chi connectivity index (χ1) is 8.99. The minimum atomic E-state index is -0.585. The number of aryl methyl sites for hydroxylation is 1. The highest BCUT2D eigenvalue weighted by atomic mass is 19.1. The van der Waals surface area contributed by atoms with E-state index in [9.17, 15) is 14.5 Å². The number of nitro benzene ring substituents is 1. The summed E-state index contributed by atoms with van der Waals surface area (Å²) in [7, 11) is 0. The van der Waals surface area contributed by atoms with Crippen LogP contribution in [0.2, 0.25) is 0 Å². The Morgan fingerprint density at radius 3 is 2.74 bits per heavy atom. The molecule has 5 nitrogen and oxygen atoms in total. The van der Waals surface area contributed by atoms with Crippen LogP contribution >= 0.6 is 0 Å². The molecule has 0 spiro atoms. The molecular weight excluding hydrogens is 249 g/mol. The zero-order valence-electron chi connectivity index (χ0n) is 11.3. The smallest absolute Gasteiger partial charge is 0.295 e. The van der Waals surface area contributed by atoms with Gasteiger partial charge in [0.15, 0.2) is 0 Å². The third kappa shape index (κ3) is 4.17. The van der Waals surface area contributed by atoms with E-state index in [0.29, 0.717) is 17.8 Å². The van der Waals surface area contributed by atoms with Crippen LogP contribution in [0.5, 0.6) is 0 Å². The van der Waals surface area contributed by atoms with E-state index in [1.165, 1.54) is 6.07 Å². The predicted octanol–water partition coefficient (Wildman–Crippen LogP) is 2.97. The molecule has 1 rings (SSSR count). The number of halogens is 1. The van der Waals surface area contributed by atoms with E-state index in [1.54, 1.807) is 6.92 Å². The minimum absolute atomic E-state index is 0.0384. The van der Waals surface area contributed by atoms with Crippen LogP contribution in [-0.4, -0.2) is 17.5 Å². The monoisotopic (exact) mass is 269 g/mol. The number of anilines is 1. The molecule has 6 heteroatoms. The largest absolute Gasteiger partial charge is 0.375 e. The summed E-state index contributed by atoms with van der Waals surface area (Å²) >= 11 is 0. The average Bonchev–Trinajstić information content (AvgIpc) is 2.37. The maximum absolute atomic E-state index is 13.4. The van der Waals surface area contributed by atoms with Gasteiger partial charge < -0.3 is 11.1 Å². The van der Waals surface area contributed by atoms with Crippen molar-refractivity contribution in [1.82, 2.24) is 0 Å². The Hall–Kier alpha value is -1.69. The van der Waals surface area contributed by atoms with E-state index in [0.717, 1.165) is 25.3 Å². The number of nitrogens with two attached hydrogens (primary N) is 1. The van der Waals surface area contributed by atoms with Gasteiger partial charge in [-0.15, -0.1) is 0 Å². The molecule has 0 bridgehead atoms. The van der Waals surface area contributed by atoms with Crippen molar-refractivity contribution in [3.05, 3.63) is 33.6 Å². The van der Waals surface area contributed by atoms with Gasteiger partial charge in [-0.05, 0) is 25.0 Å². The lowest BCUT2D eigenvalue weighted by Gasteiger charge is -2.18. The summed E-state index contributed by atoms with van der Waals surface area (Å²) in [6.07, 6.45) is 2.85. The van der Waals surface area contributed by atoms with Crippen LogP contribution in [0.25, 0.3) is 0 Å². The zero-order valence-corrected chi connectivity index (χ0v) is 11.3. The van der Waals surface area contributed by atoms with Crippen molar-refractivity contribution in [2.24, 2.45) is 5.73 Å². The maximum Gasteiger partial charge on any atom is 0.295 e. The summed E-state index contributed by atoms with van der Waals surface area (Å²) < 4.78 is 13.4. The number of benzene rings is 1. The molecule has 0 radical (unpaired) electrons. The summed E-state index contributed by atoms with van der Waals surface area (Å²) in [6, 6.07) is 2.37. The number of hydrogen-bond acceptors (Lipinski definition) is 4. The second kappa shape index (κ2) is 7.04. The van der Waals surface area contributed by atoms with Gasteiger partial charge in [0.2, 0.25) is 0 Å². The first kappa shape index (κ1) is 15.4. The average molecular weight is 269 g/mol. The quantitative estimate of drug-likeness (QED) is 0.589. The summed E-state index contributed by atoms with van der Waals surface area (Å²) in [4.78, 5) is 10.4. The maximum atomic E-state index is 13.4. The van der Waals surface area contributed by atoms with Crippen molar-refractivity contribution in [3.8, 4) is 0 Å². The number of nitro groups is 1. The van der Waals surface area contributed by atoms with E-state index in [-0.39, 0.29) is 11.7 Å². The molecule has 106 valence electrons. The molecule has 19 heavy (non-hydrogen) atoms. The van der Waals surface area contributed by atoms with Gasteiger partial charge in [0.1, 0.15) is 11.5 Å². The molecule has 0 saturated carbocycles. The van der Waals surface area contributed by atoms with Gasteiger partial charge in [-0.25, -0.2) is 4.39 Å². The lowest BCUT2D eigenvalue weighted by atomic mass is 10.1. The highest BCUT2D eigenvalue weighted by molar-refractivity contribution is 5.63. The zero-order chi connectivity index (χ0) is 14.4. The van der Waals surface area contributed by atoms with E-state index in [1.807, 2.05) is 0 Å². The minimum Gasteiger partial charge on any atom is -0.375 e. The topological polar surface area (TPSA) is 81.2 Å². The van der Waals surface area contributed by atoms with Crippen LogP contribution in [0.3, 0.4) is 0 Å². The number of hydrogen-bond donors (Lipinski definition) is 2. The Balaban J connectivity index is 2.97. The molecule has 1 aromatic carbocycles. The van der Waals surface area contributed by atoms with Gasteiger partial charge >= 0.3 is 0 Å². The fourth-order valence-electron chi connectivity index (χ4n) is 1.86. The summed E-state index contributed by atoms with van der Waals surface area (Å²) in [6.45, 7) is 4.03. The summed E-state index contributed by atoms with van der Waals surface area (Å²) in [5.74, 6) is -0.574. The van der Waals surface area contributed by atoms with Crippen LogP contribution in [0.1, 0.15) is 31.7 Å². The van der Waals surface area contributed by atoms with E-state index in [4.69, 9.17) is 5.73 Å². The van der Waals surface area contributed by atoms with Crippen LogP contribution in [0, 0.1) is 22.9 Å². The first-order valence-electron chi connectivity index (χ1n) is 6.40. The molecule has 0 fully saturated rings. The van der Waals surface area contributed by atoms with Gasteiger partial charge in [0, 0.05) is 12.6 Å². The molecule has 1 aromatic rings. The molecule has 0 aromatic heterocycles. The fourth-order valence-corrected chi connectivity index (χ4v) is 1.86. The predicted molar refractivity (Wildman–Crippen MR) is 73.8 cm³/mol. The van der Waals surface area contributed by atoms with Gasteiger partial charge in [-0.2, -0.15) is 0 Å². The Bertz CT molecular complexity index is 452. The van der Waals surface area contributed by atoms with Crippen LogP contribution in [0.15, 0.2) is 12.1 Å². The van der Waals surface area contributed by atoms with Gasteiger partial charge in [0.25, 0.3) is 5.69 Å². The van der Waals surface area contributed by atoms with Crippen molar-refractivity contribution in [2.75, 3.05) is 11.9 Å². The van der Waals surface area contributed by atoms with Crippen molar-refractivity contribution >= 4 is 11.4 Å². The van der Waals surface area contributed by atoms with Gasteiger partial charge in [0.05, 0.1) is 11.0 Å². The molecular formula is C13H20FN3O2. The third-order valence-electron chi connectivity index (χ3n) is 3.02. The third-order valence-corrected chi connectivity index (χ3v) is 3.02. The van der Waals surface area contributed by atoms with Crippen molar-refractivity contribution in [2.45, 2.75) is 39.2 Å². The van der Waals surface area contributed by atoms with Crippen molar-refractivity contribution < 1.29 is 9.31 Å². The normalized spacial score (nSPS) is 12.2. The summed E-state index contributed by atoms with van der Waals surface area (Å²) in [5.41, 5.74) is 6.10. The molecule has 1 unspecified atom stereocenters. The Morgan fingerprint density at radius 2 is 2.21 bits per heavy atom. The number of rotatable bonds is 7. The Labute approximate surface area is 112 Å². The Morgan fingerprint density at radius 1 is 1.53 bits per heavy atom. The number of nitrogens with zero attached hydrogens (tertiary/aromatic N) is 1. The van der Waals surface area contributed by atoms with Crippen molar-refractivity contribution in [1.29, 1.82) is 0 Å². The van der Waals surface area contributed by atoms with Crippen LogP contribution in [-0.2, 0) is 0 Å². The number of nitrogens with one attached hydrogen (secondary N) is 1. The molecule has 0 aliphatic rings. The first-order valence-corrected chi connectivity index (χ1v) is 6.40. The number of unbranched alkanes of at least 4 members (excludes halogenated alkanes) is 1. The molecule has 0 aliphatic heterocycles. The van der Waals surface area contributed by atoms with E-state index < -0.39 is 10.7 Å². The van der Waals surface area contributed by atoms with Gasteiger partial charge in [-0.3, -0.25) is 10.1 Å². The highest BCUT2D eigenvalue weighted by Gasteiger charge is 2.19. The molecule has 0 aliphatic carbocycles. The second-order valence-electron chi connectivity index (χ2n) is 4.59. The van der Waals surface area contributed by atoms with E-state index >= 15 is 0 Å². The molecule has 0 heterocycles. The molecule has 0 saturated heterocycles. The Kier molecular flexibility index (Phi) is 5.69. The van der Waals surface area contributed by atoms with Gasteiger partial charge in [-0.1, -0.05) is 19.8 Å². The molecule has 3 N–H and O–H groups in total. The molecule has 1 atom stereocenters. The second-order valence-corrected chi connectivity index (χ2v) is 4.59. The standard InChI is InChI=1S/C13H20FN3O2/c1-3-4-5-10(8-15)16-12-6-9(2)11(14)7-13(12)17(18)19/h6-7,10,16H,3-5,8,15H2,1-2H3. The lowest BCUT2D eigenvalue weighted by Crippen LogP contribution is -2.29. The van der Waals surface area contributed by atoms with Crippen LogP contribution < -0.4 is 11.1 Å². The van der Waals surface area contributed by atoms with E-state index in [2.05, 4.69) is 12.2 Å². The summed E-state index contributed by atoms with van der Waals surface area (Å²) in [5, 5.41) is 14.0. The molecule has 0 amide bonds. The fraction of sp³-hybridized carbons (Fsp3) is 0.538. The lowest BCUT2D eigenvalue weighted by molar-refractivity contribution is -0.384. The van der Waals surface area contributed by atoms with Crippen LogP contribution in [0.4, 0.5) is 15.8 Å².